The molecule has 1 aromatic heterocycles. The van der Waals surface area contributed by atoms with Crippen molar-refractivity contribution in [2.24, 2.45) is 5.84 Å². The highest BCUT2D eigenvalue weighted by Gasteiger charge is 2.13. The van der Waals surface area contributed by atoms with Crippen molar-refractivity contribution in [1.82, 2.24) is 4.98 Å². The number of anilines is 1. The van der Waals surface area contributed by atoms with Crippen molar-refractivity contribution in [2.45, 2.75) is 32.0 Å². The van der Waals surface area contributed by atoms with E-state index < -0.39 is 0 Å². The summed E-state index contributed by atoms with van der Waals surface area (Å²) in [5.74, 6) is 5.94. The number of nitrogens with one attached hydrogen (secondary N) is 1. The number of nitrogens with zero attached hydrogens (tertiary/aromatic N) is 1. The fraction of sp³-hybridized carbons (Fsp3) is 0.583. The van der Waals surface area contributed by atoms with Gasteiger partial charge >= 0.3 is 0 Å². The van der Waals surface area contributed by atoms with E-state index in [4.69, 9.17) is 15.3 Å². The van der Waals surface area contributed by atoms with Crippen LogP contribution in [0.25, 0.3) is 0 Å². The molecule has 5 nitrogen and oxygen atoms in total. The van der Waals surface area contributed by atoms with Gasteiger partial charge in [-0.2, -0.15) is 0 Å². The highest BCUT2D eigenvalue weighted by molar-refractivity contribution is 5.33. The maximum Gasteiger partial charge on any atom is 0.140 e. The van der Waals surface area contributed by atoms with E-state index in [1.54, 1.807) is 0 Å². The second-order valence-corrected chi connectivity index (χ2v) is 4.16. The van der Waals surface area contributed by atoms with Crippen LogP contribution in [0.5, 0.6) is 0 Å². The molecule has 2 rings (SSSR count). The van der Waals surface area contributed by atoms with Crippen LogP contribution in [-0.4, -0.2) is 24.3 Å². The predicted octanol–water partition coefficient (Wildman–Crippen LogP) is 1.45. The minimum atomic E-state index is 0.250. The molecule has 1 aliphatic heterocycles. The molecular weight excluding hydrogens is 218 g/mol. The number of nitrogen functional groups attached to an aromatic ring is 1. The Balaban J connectivity index is 1.73. The summed E-state index contributed by atoms with van der Waals surface area (Å²) < 4.78 is 11.2. The van der Waals surface area contributed by atoms with Crippen molar-refractivity contribution in [3.63, 3.8) is 0 Å². The van der Waals surface area contributed by atoms with Gasteiger partial charge in [0.2, 0.25) is 0 Å². The Bertz CT molecular complexity index is 340. The molecule has 0 radical (unpaired) electrons. The first-order valence-electron chi connectivity index (χ1n) is 6.00. The lowest BCUT2D eigenvalue weighted by molar-refractivity contribution is -0.0452. The molecule has 0 aromatic carbocycles. The van der Waals surface area contributed by atoms with Gasteiger partial charge in [0.1, 0.15) is 5.82 Å². The molecule has 94 valence electrons. The minimum absolute atomic E-state index is 0.250. The van der Waals surface area contributed by atoms with Gasteiger partial charge in [0, 0.05) is 6.61 Å². The number of hydrazine groups is 1. The zero-order valence-corrected chi connectivity index (χ0v) is 9.89. The molecule has 0 saturated carbocycles. The normalized spacial score (nSPS) is 20.2. The molecule has 0 aliphatic carbocycles. The average Bonchev–Trinajstić information content (AvgIpc) is 2.40. The average molecular weight is 237 g/mol. The Kier molecular flexibility index (Phi) is 4.73. The summed E-state index contributed by atoms with van der Waals surface area (Å²) >= 11 is 0. The summed E-state index contributed by atoms with van der Waals surface area (Å²) in [6, 6.07) is 5.63. The van der Waals surface area contributed by atoms with Crippen molar-refractivity contribution >= 4 is 5.82 Å². The van der Waals surface area contributed by atoms with Gasteiger partial charge in [-0.25, -0.2) is 10.8 Å². The summed E-state index contributed by atoms with van der Waals surface area (Å²) in [5.41, 5.74) is 3.39. The van der Waals surface area contributed by atoms with Crippen molar-refractivity contribution in [3.8, 4) is 0 Å². The molecule has 1 saturated heterocycles. The van der Waals surface area contributed by atoms with Gasteiger partial charge in [-0.05, 0) is 31.4 Å². The fourth-order valence-corrected chi connectivity index (χ4v) is 1.87. The molecule has 1 fully saturated rings. The Hall–Kier alpha value is -1.17. The van der Waals surface area contributed by atoms with E-state index >= 15 is 0 Å². The molecule has 3 N–H and O–H groups in total. The predicted molar refractivity (Wildman–Crippen MR) is 65.3 cm³/mol. The van der Waals surface area contributed by atoms with Crippen molar-refractivity contribution in [2.75, 3.05) is 18.6 Å². The molecule has 0 spiro atoms. The molecule has 0 bridgehead atoms. The van der Waals surface area contributed by atoms with Gasteiger partial charge < -0.3 is 14.9 Å². The molecule has 1 aromatic rings. The second kappa shape index (κ2) is 6.54. The number of nitrogens with two attached hydrogens (primary N) is 1. The summed E-state index contributed by atoms with van der Waals surface area (Å²) in [5, 5.41) is 0. The summed E-state index contributed by atoms with van der Waals surface area (Å²) in [4.78, 5) is 4.27. The molecule has 2 heterocycles. The van der Waals surface area contributed by atoms with E-state index in [1.807, 2.05) is 18.2 Å². The number of aromatic nitrogens is 1. The smallest absolute Gasteiger partial charge is 0.140 e. The molecule has 17 heavy (non-hydrogen) atoms. The Labute approximate surface area is 101 Å². The van der Waals surface area contributed by atoms with E-state index in [9.17, 15) is 0 Å². The number of hydrogen-bond acceptors (Lipinski definition) is 5. The van der Waals surface area contributed by atoms with E-state index in [0.29, 0.717) is 19.0 Å². The first-order valence-corrected chi connectivity index (χ1v) is 6.00. The maximum atomic E-state index is 5.60. The van der Waals surface area contributed by atoms with Crippen molar-refractivity contribution in [1.29, 1.82) is 0 Å². The van der Waals surface area contributed by atoms with Crippen LogP contribution in [-0.2, 0) is 16.1 Å². The van der Waals surface area contributed by atoms with Crippen LogP contribution in [0.3, 0.4) is 0 Å². The van der Waals surface area contributed by atoms with Crippen molar-refractivity contribution < 1.29 is 9.47 Å². The lowest BCUT2D eigenvalue weighted by atomic mass is 10.1. The van der Waals surface area contributed by atoms with Crippen LogP contribution >= 0.6 is 0 Å². The molecule has 1 unspecified atom stereocenters. The lowest BCUT2D eigenvalue weighted by Crippen LogP contribution is -2.24. The Morgan fingerprint density at radius 2 is 2.41 bits per heavy atom. The number of ether oxygens (including phenoxy) is 2. The fourth-order valence-electron chi connectivity index (χ4n) is 1.87. The van der Waals surface area contributed by atoms with E-state index in [2.05, 4.69) is 10.4 Å². The monoisotopic (exact) mass is 237 g/mol. The zero-order chi connectivity index (χ0) is 11.9. The Morgan fingerprint density at radius 3 is 3.18 bits per heavy atom. The van der Waals surface area contributed by atoms with Gasteiger partial charge in [-0.3, -0.25) is 0 Å². The molecule has 0 amide bonds. The third kappa shape index (κ3) is 3.96. The van der Waals surface area contributed by atoms with E-state index in [-0.39, 0.29) is 6.10 Å². The molecule has 5 heteroatoms. The van der Waals surface area contributed by atoms with Crippen LogP contribution in [0.2, 0.25) is 0 Å². The lowest BCUT2D eigenvalue weighted by Gasteiger charge is -2.22. The standard InChI is InChI=1S/C12H19N3O2/c13-15-12-6-3-4-10(14-12)8-16-9-11-5-1-2-7-17-11/h3-4,6,11H,1-2,5,7-9,13H2,(H,14,15). The van der Waals surface area contributed by atoms with E-state index in [1.165, 1.54) is 12.8 Å². The number of rotatable bonds is 5. The largest absolute Gasteiger partial charge is 0.376 e. The van der Waals surface area contributed by atoms with Crippen LogP contribution in [0.1, 0.15) is 25.0 Å². The van der Waals surface area contributed by atoms with Gasteiger partial charge in [0.05, 0.1) is 25.0 Å². The second-order valence-electron chi connectivity index (χ2n) is 4.16. The topological polar surface area (TPSA) is 69.4 Å². The van der Waals surface area contributed by atoms with Crippen molar-refractivity contribution in [3.05, 3.63) is 23.9 Å². The molecule has 1 aliphatic rings. The van der Waals surface area contributed by atoms with Crippen LogP contribution in [0, 0.1) is 0 Å². The van der Waals surface area contributed by atoms with E-state index in [0.717, 1.165) is 18.7 Å². The first-order chi connectivity index (χ1) is 8.38. The third-order valence-electron chi connectivity index (χ3n) is 2.78. The first kappa shape index (κ1) is 12.3. The highest BCUT2D eigenvalue weighted by atomic mass is 16.5. The summed E-state index contributed by atoms with van der Waals surface area (Å²) in [7, 11) is 0. The highest BCUT2D eigenvalue weighted by Crippen LogP contribution is 2.13. The van der Waals surface area contributed by atoms with Gasteiger partial charge in [-0.15, -0.1) is 0 Å². The minimum Gasteiger partial charge on any atom is -0.376 e. The van der Waals surface area contributed by atoms with Gasteiger partial charge in [0.25, 0.3) is 0 Å². The Morgan fingerprint density at radius 1 is 1.47 bits per heavy atom. The number of pyridine rings is 1. The zero-order valence-electron chi connectivity index (χ0n) is 9.89. The SMILES string of the molecule is NNc1cccc(COCC2CCCCO2)n1. The van der Waals surface area contributed by atoms with Crippen LogP contribution in [0.15, 0.2) is 18.2 Å². The quantitative estimate of drug-likeness (QED) is 0.599. The van der Waals surface area contributed by atoms with Crippen LogP contribution < -0.4 is 11.3 Å². The summed E-state index contributed by atoms with van der Waals surface area (Å²) in [6.07, 6.45) is 3.75. The maximum absolute atomic E-state index is 5.60. The van der Waals surface area contributed by atoms with Crippen LogP contribution in [0.4, 0.5) is 5.82 Å². The molecular formula is C12H19N3O2. The van der Waals surface area contributed by atoms with Gasteiger partial charge in [0.15, 0.2) is 0 Å². The number of hydrogen-bond donors (Lipinski definition) is 2. The van der Waals surface area contributed by atoms with Gasteiger partial charge in [-0.1, -0.05) is 6.07 Å². The molecule has 1 atom stereocenters. The summed E-state index contributed by atoms with van der Waals surface area (Å²) in [6.45, 7) is 2.00. The third-order valence-corrected chi connectivity index (χ3v) is 2.78.